The van der Waals surface area contributed by atoms with Crippen molar-refractivity contribution in [1.29, 1.82) is 0 Å². The van der Waals surface area contributed by atoms with E-state index in [-0.39, 0.29) is 0 Å². The van der Waals surface area contributed by atoms with E-state index in [1.165, 1.54) is 0 Å². The standard InChI is InChI=1S/C12H6BrN5O2/c13-9-3-2-8(19-9)11-15-12(20-17-11)7-1-4-10-16-14-6-18(10)5-7/h1-6H. The summed E-state index contributed by atoms with van der Waals surface area (Å²) in [6.07, 6.45) is 3.43. The third kappa shape index (κ3) is 1.81. The van der Waals surface area contributed by atoms with Crippen molar-refractivity contribution >= 4 is 21.6 Å². The molecule has 0 atom stereocenters. The summed E-state index contributed by atoms with van der Waals surface area (Å²) >= 11 is 3.23. The zero-order valence-electron chi connectivity index (χ0n) is 9.89. The van der Waals surface area contributed by atoms with Crippen molar-refractivity contribution in [2.75, 3.05) is 0 Å². The van der Waals surface area contributed by atoms with E-state index < -0.39 is 0 Å². The Balaban J connectivity index is 1.77. The number of fused-ring (bicyclic) bond motifs is 1. The largest absolute Gasteiger partial charge is 0.446 e. The van der Waals surface area contributed by atoms with Crippen LogP contribution in [0.4, 0.5) is 0 Å². The molecule has 4 aromatic heterocycles. The van der Waals surface area contributed by atoms with Gasteiger partial charge in [0.05, 0.1) is 5.56 Å². The molecule has 0 saturated heterocycles. The first-order valence-corrected chi connectivity index (χ1v) is 6.48. The molecule has 20 heavy (non-hydrogen) atoms. The Morgan fingerprint density at radius 1 is 1.15 bits per heavy atom. The summed E-state index contributed by atoms with van der Waals surface area (Å²) < 4.78 is 13.0. The molecule has 98 valence electrons. The molecule has 7 nitrogen and oxygen atoms in total. The van der Waals surface area contributed by atoms with E-state index >= 15 is 0 Å². The SMILES string of the molecule is Brc1ccc(-c2noc(-c3ccc4nncn4c3)n2)o1. The first-order valence-electron chi connectivity index (χ1n) is 5.69. The smallest absolute Gasteiger partial charge is 0.259 e. The molecule has 0 aliphatic rings. The van der Waals surface area contributed by atoms with Gasteiger partial charge in [-0.15, -0.1) is 10.2 Å². The summed E-state index contributed by atoms with van der Waals surface area (Å²) in [5, 5.41) is 11.7. The van der Waals surface area contributed by atoms with E-state index in [0.29, 0.717) is 22.1 Å². The number of furan rings is 1. The lowest BCUT2D eigenvalue weighted by Gasteiger charge is -1.95. The quantitative estimate of drug-likeness (QED) is 0.561. The highest BCUT2D eigenvalue weighted by atomic mass is 79.9. The number of hydrogen-bond acceptors (Lipinski definition) is 6. The molecule has 0 fully saturated rings. The summed E-state index contributed by atoms with van der Waals surface area (Å²) in [5.41, 5.74) is 1.53. The fourth-order valence-electron chi connectivity index (χ4n) is 1.83. The van der Waals surface area contributed by atoms with Crippen molar-refractivity contribution in [3.05, 3.63) is 41.5 Å². The number of pyridine rings is 1. The predicted octanol–water partition coefficient (Wildman–Crippen LogP) is 2.80. The van der Waals surface area contributed by atoms with Gasteiger partial charge in [0.1, 0.15) is 6.33 Å². The molecule has 0 saturated carbocycles. The van der Waals surface area contributed by atoms with Crippen LogP contribution in [0.2, 0.25) is 0 Å². The summed E-state index contributed by atoms with van der Waals surface area (Å²) in [7, 11) is 0. The average molecular weight is 332 g/mol. The minimum Gasteiger partial charge on any atom is -0.446 e. The summed E-state index contributed by atoms with van der Waals surface area (Å²) in [6, 6.07) is 7.21. The monoisotopic (exact) mass is 331 g/mol. The Bertz CT molecular complexity index is 894. The molecule has 4 aromatic rings. The topological polar surface area (TPSA) is 82.2 Å². The fourth-order valence-corrected chi connectivity index (χ4v) is 2.14. The Morgan fingerprint density at radius 2 is 2.10 bits per heavy atom. The summed E-state index contributed by atoms with van der Waals surface area (Å²) in [6.45, 7) is 0. The van der Waals surface area contributed by atoms with Crippen LogP contribution in [0.15, 0.2) is 50.4 Å². The molecule has 0 aromatic carbocycles. The Morgan fingerprint density at radius 3 is 2.95 bits per heavy atom. The van der Waals surface area contributed by atoms with Crippen LogP contribution in [0.3, 0.4) is 0 Å². The lowest BCUT2D eigenvalue weighted by atomic mass is 10.3. The van der Waals surface area contributed by atoms with E-state index in [9.17, 15) is 0 Å². The molecule has 4 heterocycles. The maximum absolute atomic E-state index is 5.38. The van der Waals surface area contributed by atoms with Gasteiger partial charge in [-0.25, -0.2) is 0 Å². The maximum atomic E-state index is 5.38. The maximum Gasteiger partial charge on any atom is 0.259 e. The van der Waals surface area contributed by atoms with Crippen molar-refractivity contribution in [3.63, 3.8) is 0 Å². The first kappa shape index (κ1) is 11.4. The fraction of sp³-hybridized carbons (Fsp3) is 0. The molecule has 0 spiro atoms. The second kappa shape index (κ2) is 4.27. The van der Waals surface area contributed by atoms with Gasteiger partial charge in [-0.3, -0.25) is 4.40 Å². The number of rotatable bonds is 2. The van der Waals surface area contributed by atoms with Crippen LogP contribution in [0.25, 0.3) is 28.7 Å². The molecular weight excluding hydrogens is 326 g/mol. The van der Waals surface area contributed by atoms with Crippen LogP contribution >= 0.6 is 15.9 Å². The molecule has 0 amide bonds. The van der Waals surface area contributed by atoms with Gasteiger partial charge in [-0.2, -0.15) is 4.98 Å². The van der Waals surface area contributed by atoms with E-state index in [1.807, 2.05) is 18.3 Å². The van der Waals surface area contributed by atoms with Gasteiger partial charge in [-0.1, -0.05) is 5.16 Å². The van der Waals surface area contributed by atoms with Crippen molar-refractivity contribution in [2.24, 2.45) is 0 Å². The van der Waals surface area contributed by atoms with E-state index in [1.54, 1.807) is 22.9 Å². The van der Waals surface area contributed by atoms with Gasteiger partial charge in [-0.05, 0) is 40.2 Å². The van der Waals surface area contributed by atoms with Crippen LogP contribution in [0, 0.1) is 0 Å². The number of aromatic nitrogens is 5. The normalized spacial score (nSPS) is 11.2. The van der Waals surface area contributed by atoms with Crippen molar-refractivity contribution in [2.45, 2.75) is 0 Å². The Hall–Kier alpha value is -2.48. The number of halogens is 1. The zero-order chi connectivity index (χ0) is 13.5. The van der Waals surface area contributed by atoms with E-state index in [4.69, 9.17) is 8.94 Å². The number of nitrogens with zero attached hydrogens (tertiary/aromatic N) is 5. The van der Waals surface area contributed by atoms with E-state index in [0.717, 1.165) is 11.2 Å². The highest BCUT2D eigenvalue weighted by molar-refractivity contribution is 9.10. The Labute approximate surface area is 120 Å². The molecule has 8 heteroatoms. The van der Waals surface area contributed by atoms with Gasteiger partial charge in [0.15, 0.2) is 16.1 Å². The van der Waals surface area contributed by atoms with Crippen molar-refractivity contribution in [3.8, 4) is 23.0 Å². The summed E-state index contributed by atoms with van der Waals surface area (Å²) in [4.78, 5) is 4.31. The lowest BCUT2D eigenvalue weighted by Crippen LogP contribution is -1.85. The highest BCUT2D eigenvalue weighted by Crippen LogP contribution is 2.25. The molecule has 0 unspecified atom stereocenters. The molecule has 0 radical (unpaired) electrons. The Kier molecular flexibility index (Phi) is 2.43. The van der Waals surface area contributed by atoms with Gasteiger partial charge < -0.3 is 8.94 Å². The second-order valence-electron chi connectivity index (χ2n) is 4.04. The lowest BCUT2D eigenvalue weighted by molar-refractivity contribution is 0.429. The highest BCUT2D eigenvalue weighted by Gasteiger charge is 2.14. The second-order valence-corrected chi connectivity index (χ2v) is 4.82. The number of hydrogen-bond donors (Lipinski definition) is 0. The molecule has 0 aliphatic heterocycles. The average Bonchev–Trinajstić information content (AvgIpc) is 3.17. The minimum absolute atomic E-state index is 0.398. The molecule has 0 aliphatic carbocycles. The molecule has 0 N–H and O–H groups in total. The van der Waals surface area contributed by atoms with Gasteiger partial charge in [0.25, 0.3) is 5.89 Å². The zero-order valence-corrected chi connectivity index (χ0v) is 11.5. The van der Waals surface area contributed by atoms with Crippen LogP contribution in [0.1, 0.15) is 0 Å². The van der Waals surface area contributed by atoms with E-state index in [2.05, 4.69) is 36.3 Å². The third-order valence-electron chi connectivity index (χ3n) is 2.76. The molecular formula is C12H6BrN5O2. The minimum atomic E-state index is 0.398. The van der Waals surface area contributed by atoms with Crippen LogP contribution < -0.4 is 0 Å². The van der Waals surface area contributed by atoms with Gasteiger partial charge >= 0.3 is 0 Å². The molecule has 0 bridgehead atoms. The van der Waals surface area contributed by atoms with Crippen molar-refractivity contribution in [1.82, 2.24) is 24.7 Å². The van der Waals surface area contributed by atoms with Crippen LogP contribution in [0.5, 0.6) is 0 Å². The third-order valence-corrected chi connectivity index (χ3v) is 3.18. The van der Waals surface area contributed by atoms with Gasteiger partial charge in [0.2, 0.25) is 5.82 Å². The molecule has 4 rings (SSSR count). The van der Waals surface area contributed by atoms with Crippen LogP contribution in [-0.4, -0.2) is 24.7 Å². The van der Waals surface area contributed by atoms with Crippen LogP contribution in [-0.2, 0) is 0 Å². The summed E-state index contributed by atoms with van der Waals surface area (Å²) in [5.74, 6) is 1.34. The predicted molar refractivity (Wildman–Crippen MR) is 71.7 cm³/mol. The van der Waals surface area contributed by atoms with Gasteiger partial charge in [0, 0.05) is 6.20 Å². The van der Waals surface area contributed by atoms with Crippen molar-refractivity contribution < 1.29 is 8.94 Å². The first-order chi connectivity index (χ1) is 9.79.